The fourth-order valence-corrected chi connectivity index (χ4v) is 3.46. The van der Waals surface area contributed by atoms with E-state index in [4.69, 9.17) is 4.74 Å². The van der Waals surface area contributed by atoms with E-state index in [1.807, 2.05) is 25.1 Å². The smallest absolute Gasteiger partial charge is 0.234 e. The van der Waals surface area contributed by atoms with Crippen molar-refractivity contribution in [2.75, 3.05) is 17.7 Å². The molecule has 0 aliphatic carbocycles. The van der Waals surface area contributed by atoms with Gasteiger partial charge in [-0.3, -0.25) is 4.79 Å². The number of aromatic nitrogens is 4. The molecule has 7 nitrogen and oxygen atoms in total. The summed E-state index contributed by atoms with van der Waals surface area (Å²) in [6.07, 6.45) is 0. The minimum absolute atomic E-state index is 0.170. The molecule has 152 valence electrons. The van der Waals surface area contributed by atoms with Gasteiger partial charge in [0.1, 0.15) is 16.6 Å². The van der Waals surface area contributed by atoms with Gasteiger partial charge >= 0.3 is 0 Å². The maximum atomic E-state index is 13.2. The third kappa shape index (κ3) is 4.41. The second-order valence-corrected chi connectivity index (χ2v) is 7.23. The van der Waals surface area contributed by atoms with Crippen molar-refractivity contribution in [2.45, 2.75) is 11.9 Å². The molecule has 0 atom stereocenters. The maximum Gasteiger partial charge on any atom is 0.234 e. The molecule has 0 saturated carbocycles. The summed E-state index contributed by atoms with van der Waals surface area (Å²) in [4.78, 5) is 12.4. The lowest BCUT2D eigenvalue weighted by Crippen LogP contribution is -2.15. The number of rotatable bonds is 7. The molecule has 0 spiro atoms. The highest BCUT2D eigenvalue weighted by molar-refractivity contribution is 7.99. The number of benzene rings is 2. The van der Waals surface area contributed by atoms with Crippen molar-refractivity contribution in [1.29, 1.82) is 0 Å². The second kappa shape index (κ2) is 8.91. The summed E-state index contributed by atoms with van der Waals surface area (Å²) < 4.78 is 20.3. The van der Waals surface area contributed by atoms with Crippen LogP contribution in [0.2, 0.25) is 0 Å². The van der Waals surface area contributed by atoms with Crippen LogP contribution in [0.5, 0.6) is 5.75 Å². The number of carbonyl (C=O) groups excluding carboxylic acids is 1. The van der Waals surface area contributed by atoms with Gasteiger partial charge < -0.3 is 10.1 Å². The standard InChI is InChI=1S/C21H18FN5O2S/c1-2-29-17-6-4-3-5-16(17)23-19(28)13-30-20-12-11-18-24-25-21(27(18)26-20)14-7-9-15(22)10-8-14/h3-12H,2,13H2,1H3,(H,23,28). The topological polar surface area (TPSA) is 81.4 Å². The predicted octanol–water partition coefficient (Wildman–Crippen LogP) is 4.06. The average molecular weight is 423 g/mol. The molecule has 0 bridgehead atoms. The molecule has 0 saturated heterocycles. The van der Waals surface area contributed by atoms with Crippen LogP contribution in [0.4, 0.5) is 10.1 Å². The first kappa shape index (κ1) is 19.8. The van der Waals surface area contributed by atoms with Crippen LogP contribution < -0.4 is 10.1 Å². The molecule has 4 aromatic rings. The van der Waals surface area contributed by atoms with E-state index in [2.05, 4.69) is 20.6 Å². The van der Waals surface area contributed by atoms with Gasteiger partial charge in [0, 0.05) is 5.56 Å². The number of hydrogen-bond donors (Lipinski definition) is 1. The van der Waals surface area contributed by atoms with Crippen molar-refractivity contribution in [3.05, 3.63) is 66.5 Å². The van der Waals surface area contributed by atoms with Gasteiger partial charge in [0.25, 0.3) is 0 Å². The number of fused-ring (bicyclic) bond motifs is 1. The van der Waals surface area contributed by atoms with Gasteiger partial charge in [-0.15, -0.1) is 10.2 Å². The summed E-state index contributed by atoms with van der Waals surface area (Å²) in [7, 11) is 0. The Labute approximate surface area is 176 Å². The zero-order valence-corrected chi connectivity index (χ0v) is 16.9. The monoisotopic (exact) mass is 423 g/mol. The summed E-state index contributed by atoms with van der Waals surface area (Å²) in [6, 6.07) is 16.8. The van der Waals surface area contributed by atoms with E-state index in [-0.39, 0.29) is 17.5 Å². The second-order valence-electron chi connectivity index (χ2n) is 6.24. The minimum Gasteiger partial charge on any atom is -0.492 e. The third-order valence-electron chi connectivity index (χ3n) is 4.15. The van der Waals surface area contributed by atoms with Crippen LogP contribution in [0.1, 0.15) is 6.92 Å². The molecular formula is C21H18FN5O2S. The first-order chi connectivity index (χ1) is 14.6. The molecule has 0 aliphatic heterocycles. The number of halogens is 1. The van der Waals surface area contributed by atoms with E-state index in [1.54, 1.807) is 34.8 Å². The first-order valence-electron chi connectivity index (χ1n) is 9.27. The van der Waals surface area contributed by atoms with Crippen molar-refractivity contribution >= 4 is 29.0 Å². The van der Waals surface area contributed by atoms with E-state index in [0.717, 1.165) is 0 Å². The number of anilines is 1. The lowest BCUT2D eigenvalue weighted by Gasteiger charge is -2.11. The number of nitrogens with zero attached hydrogens (tertiary/aromatic N) is 4. The van der Waals surface area contributed by atoms with Gasteiger partial charge in [-0.2, -0.15) is 9.61 Å². The van der Waals surface area contributed by atoms with Crippen LogP contribution in [0.3, 0.4) is 0 Å². The van der Waals surface area contributed by atoms with Crippen molar-refractivity contribution in [2.24, 2.45) is 0 Å². The molecule has 0 radical (unpaired) electrons. The Morgan fingerprint density at radius 3 is 2.70 bits per heavy atom. The number of ether oxygens (including phenoxy) is 1. The van der Waals surface area contributed by atoms with Crippen molar-refractivity contribution in [1.82, 2.24) is 19.8 Å². The number of nitrogens with one attached hydrogen (secondary N) is 1. The first-order valence-corrected chi connectivity index (χ1v) is 10.3. The van der Waals surface area contributed by atoms with Gasteiger partial charge in [-0.05, 0) is 55.5 Å². The highest BCUT2D eigenvalue weighted by Gasteiger charge is 2.12. The van der Waals surface area contributed by atoms with Crippen LogP contribution in [0.25, 0.3) is 17.0 Å². The molecule has 2 heterocycles. The van der Waals surface area contributed by atoms with Gasteiger partial charge in [-0.1, -0.05) is 23.9 Å². The van der Waals surface area contributed by atoms with E-state index < -0.39 is 0 Å². The predicted molar refractivity (Wildman–Crippen MR) is 113 cm³/mol. The lowest BCUT2D eigenvalue weighted by atomic mass is 10.2. The molecule has 0 fully saturated rings. The van der Waals surface area contributed by atoms with Gasteiger partial charge in [0.2, 0.25) is 5.91 Å². The molecule has 1 N–H and O–H groups in total. The summed E-state index contributed by atoms with van der Waals surface area (Å²) in [5.74, 6) is 0.812. The summed E-state index contributed by atoms with van der Waals surface area (Å²) in [5, 5.41) is 16.2. The highest BCUT2D eigenvalue weighted by Crippen LogP contribution is 2.25. The number of para-hydroxylation sites is 2. The largest absolute Gasteiger partial charge is 0.492 e. The van der Waals surface area contributed by atoms with Crippen LogP contribution in [0, 0.1) is 5.82 Å². The molecule has 2 aromatic carbocycles. The molecule has 1 amide bonds. The fraction of sp³-hybridized carbons (Fsp3) is 0.143. The van der Waals surface area contributed by atoms with Crippen molar-refractivity contribution < 1.29 is 13.9 Å². The molecule has 9 heteroatoms. The quantitative estimate of drug-likeness (QED) is 0.452. The van der Waals surface area contributed by atoms with Crippen LogP contribution >= 0.6 is 11.8 Å². The molecule has 0 aliphatic rings. The Kier molecular flexibility index (Phi) is 5.89. The number of hydrogen-bond acceptors (Lipinski definition) is 6. The Balaban J connectivity index is 1.47. The lowest BCUT2D eigenvalue weighted by molar-refractivity contribution is -0.113. The number of amides is 1. The zero-order valence-electron chi connectivity index (χ0n) is 16.1. The minimum atomic E-state index is -0.325. The maximum absolute atomic E-state index is 13.2. The van der Waals surface area contributed by atoms with Crippen LogP contribution in [0.15, 0.2) is 65.7 Å². The van der Waals surface area contributed by atoms with Crippen LogP contribution in [-0.4, -0.2) is 38.1 Å². The van der Waals surface area contributed by atoms with E-state index in [9.17, 15) is 9.18 Å². The van der Waals surface area contributed by atoms with Crippen molar-refractivity contribution in [3.8, 4) is 17.1 Å². The van der Waals surface area contributed by atoms with Crippen LogP contribution in [-0.2, 0) is 4.79 Å². The average Bonchev–Trinajstić information content (AvgIpc) is 3.18. The van der Waals surface area contributed by atoms with Gasteiger partial charge in [-0.25, -0.2) is 4.39 Å². The Hall–Kier alpha value is -3.46. The summed E-state index contributed by atoms with van der Waals surface area (Å²) in [6.45, 7) is 2.41. The Bertz CT molecular complexity index is 1180. The van der Waals surface area contributed by atoms with Crippen molar-refractivity contribution in [3.63, 3.8) is 0 Å². The highest BCUT2D eigenvalue weighted by atomic mass is 32.2. The Morgan fingerprint density at radius 2 is 1.90 bits per heavy atom. The molecular weight excluding hydrogens is 405 g/mol. The number of carbonyl (C=O) groups is 1. The molecule has 30 heavy (non-hydrogen) atoms. The number of thioether (sulfide) groups is 1. The molecule has 2 aromatic heterocycles. The van der Waals surface area contributed by atoms with Gasteiger partial charge in [0.15, 0.2) is 11.5 Å². The van der Waals surface area contributed by atoms with E-state index in [0.29, 0.717) is 40.1 Å². The fourth-order valence-electron chi connectivity index (χ4n) is 2.81. The normalized spacial score (nSPS) is 10.9. The summed E-state index contributed by atoms with van der Waals surface area (Å²) >= 11 is 1.29. The zero-order chi connectivity index (χ0) is 20.9. The third-order valence-corrected chi connectivity index (χ3v) is 5.07. The Morgan fingerprint density at radius 1 is 1.10 bits per heavy atom. The molecule has 4 rings (SSSR count). The van der Waals surface area contributed by atoms with E-state index in [1.165, 1.54) is 23.9 Å². The van der Waals surface area contributed by atoms with E-state index >= 15 is 0 Å². The summed E-state index contributed by atoms with van der Waals surface area (Å²) in [5.41, 5.74) is 1.89. The SMILES string of the molecule is CCOc1ccccc1NC(=O)CSc1ccc2nnc(-c3ccc(F)cc3)n2n1. The van der Waals surface area contributed by atoms with Gasteiger partial charge in [0.05, 0.1) is 18.0 Å². The molecule has 0 unspecified atom stereocenters.